The van der Waals surface area contributed by atoms with Crippen LogP contribution in [-0.4, -0.2) is 0 Å². The molecule has 0 spiro atoms. The van der Waals surface area contributed by atoms with Crippen LogP contribution >= 0.6 is 0 Å². The van der Waals surface area contributed by atoms with Crippen LogP contribution in [0.15, 0.2) is 0 Å². The minimum absolute atomic E-state index is 0. The van der Waals surface area contributed by atoms with E-state index < -0.39 is 0 Å². The molecule has 0 aliphatic heterocycles. The minimum Gasteiger partial charge on any atom is -1.00 e. The molecule has 0 bridgehead atoms. The van der Waals surface area contributed by atoms with Gasteiger partial charge in [0.25, 0.3) is 0 Å². The summed E-state index contributed by atoms with van der Waals surface area (Å²) in [6, 6.07) is 0. The second-order valence-electron chi connectivity index (χ2n) is 0. The molecule has 0 aliphatic carbocycles. The molecule has 0 fully saturated rings. The SMILES string of the molecule is F.F.F.[F-].[Zr]. The molecule has 0 unspecified atom stereocenters. The third-order valence-electron chi connectivity index (χ3n) is 0. The van der Waals surface area contributed by atoms with E-state index >= 15 is 0 Å². The summed E-state index contributed by atoms with van der Waals surface area (Å²) in [5, 5.41) is 0. The van der Waals surface area contributed by atoms with Gasteiger partial charge in [-0.25, -0.2) is 0 Å². The zero-order valence-electron chi connectivity index (χ0n) is 2.10. The Morgan fingerprint density at radius 3 is 0.600 bits per heavy atom. The van der Waals surface area contributed by atoms with E-state index in [1.807, 2.05) is 0 Å². The van der Waals surface area contributed by atoms with Crippen LogP contribution in [0, 0.1) is 0 Å². The van der Waals surface area contributed by atoms with Crippen LogP contribution in [0.3, 0.4) is 0 Å². The van der Waals surface area contributed by atoms with E-state index in [9.17, 15) is 0 Å². The second-order valence-corrected chi connectivity index (χ2v) is 0. The number of hydrogen-bond donors (Lipinski definition) is 0. The van der Waals surface area contributed by atoms with Crippen molar-refractivity contribution in [2.75, 3.05) is 0 Å². The van der Waals surface area contributed by atoms with Crippen molar-refractivity contribution in [1.29, 1.82) is 0 Å². The van der Waals surface area contributed by atoms with Crippen LogP contribution in [0.5, 0.6) is 0 Å². The van der Waals surface area contributed by atoms with Crippen molar-refractivity contribution in [1.82, 2.24) is 0 Å². The van der Waals surface area contributed by atoms with Crippen molar-refractivity contribution >= 4 is 0 Å². The van der Waals surface area contributed by atoms with Crippen molar-refractivity contribution in [2.24, 2.45) is 0 Å². The third kappa shape index (κ3) is 85.8. The first kappa shape index (κ1) is 326. The summed E-state index contributed by atoms with van der Waals surface area (Å²) in [7, 11) is 0. The van der Waals surface area contributed by atoms with Gasteiger partial charge in [0, 0.05) is 26.2 Å². The molecule has 0 radical (unpaired) electrons. The van der Waals surface area contributed by atoms with Crippen LogP contribution in [0.1, 0.15) is 0 Å². The molecule has 5 heavy (non-hydrogen) atoms. The summed E-state index contributed by atoms with van der Waals surface area (Å²) >= 11 is 0. The van der Waals surface area contributed by atoms with E-state index in [2.05, 4.69) is 0 Å². The van der Waals surface area contributed by atoms with E-state index in [1.165, 1.54) is 0 Å². The molecular weight excluding hydrogens is 167 g/mol. The monoisotopic (exact) mass is 169 g/mol. The topological polar surface area (TPSA) is 0 Å². The molecule has 0 atom stereocenters. The van der Waals surface area contributed by atoms with Crippen LogP contribution in [-0.2, 0) is 26.2 Å². The average Bonchev–Trinajstić information content (AvgIpc) is 0. The number of halogens is 4. The molecule has 0 aromatic carbocycles. The Labute approximate surface area is 45.5 Å². The largest absolute Gasteiger partial charge is 1.00 e. The van der Waals surface area contributed by atoms with Gasteiger partial charge in [-0.05, 0) is 0 Å². The predicted molar refractivity (Wildman–Crippen MR) is 7.51 cm³/mol. The van der Waals surface area contributed by atoms with Crippen molar-refractivity contribution in [3.8, 4) is 0 Å². The Balaban J connectivity index is 0. The Bertz CT molecular complexity index is 3.61. The summed E-state index contributed by atoms with van der Waals surface area (Å²) in [6.45, 7) is 0. The zero-order valence-corrected chi connectivity index (χ0v) is 4.56. The van der Waals surface area contributed by atoms with Crippen molar-refractivity contribution < 1.29 is 45.0 Å². The Hall–Kier alpha value is 0.603. The van der Waals surface area contributed by atoms with Crippen molar-refractivity contribution in [3.05, 3.63) is 0 Å². The van der Waals surface area contributed by atoms with Gasteiger partial charge in [0.05, 0.1) is 0 Å². The van der Waals surface area contributed by atoms with E-state index in [-0.39, 0.29) is 45.0 Å². The molecular formula is H3F4Zr-. The molecule has 0 amide bonds. The number of rotatable bonds is 0. The fourth-order valence-corrected chi connectivity index (χ4v) is 0. The van der Waals surface area contributed by atoms with E-state index in [0.29, 0.717) is 0 Å². The standard InChI is InChI=1S/4FH.Zr/h4*1H;/p-1. The van der Waals surface area contributed by atoms with Gasteiger partial charge in [0.15, 0.2) is 0 Å². The van der Waals surface area contributed by atoms with Gasteiger partial charge >= 0.3 is 0 Å². The molecule has 0 N–H and O–H groups in total. The van der Waals surface area contributed by atoms with E-state index in [0.717, 1.165) is 0 Å². The fraction of sp³-hybridized carbons (Fsp3) is 0. The third-order valence-corrected chi connectivity index (χ3v) is 0. The zero-order chi connectivity index (χ0) is 0. The minimum atomic E-state index is 0. The normalized spacial score (nSPS) is 0. The summed E-state index contributed by atoms with van der Waals surface area (Å²) in [6.07, 6.45) is 0. The Morgan fingerprint density at radius 1 is 0.600 bits per heavy atom. The molecule has 5 heteroatoms. The van der Waals surface area contributed by atoms with Crippen LogP contribution in [0.4, 0.5) is 14.1 Å². The molecule has 0 rings (SSSR count). The first-order chi connectivity index (χ1) is 0. The number of hydrogen-bond acceptors (Lipinski definition) is 0. The summed E-state index contributed by atoms with van der Waals surface area (Å²) in [5.41, 5.74) is 0. The summed E-state index contributed by atoms with van der Waals surface area (Å²) in [4.78, 5) is 0. The fourth-order valence-electron chi connectivity index (χ4n) is 0. The first-order valence-corrected chi connectivity index (χ1v) is 0. The molecule has 0 heterocycles. The molecule has 0 aromatic rings. The van der Waals surface area contributed by atoms with Gasteiger partial charge in [-0.3, -0.25) is 14.1 Å². The van der Waals surface area contributed by atoms with Crippen LogP contribution in [0.25, 0.3) is 0 Å². The van der Waals surface area contributed by atoms with Gasteiger partial charge in [-0.1, -0.05) is 0 Å². The maximum atomic E-state index is 0. The molecule has 0 saturated carbocycles. The van der Waals surface area contributed by atoms with Gasteiger partial charge < -0.3 is 4.70 Å². The Morgan fingerprint density at radius 2 is 0.600 bits per heavy atom. The summed E-state index contributed by atoms with van der Waals surface area (Å²) in [5.74, 6) is 0. The molecule has 0 nitrogen and oxygen atoms in total. The van der Waals surface area contributed by atoms with Gasteiger partial charge in [0.1, 0.15) is 0 Å². The molecule has 36 valence electrons. The maximum Gasteiger partial charge on any atom is 0 e. The quantitative estimate of drug-likeness (QED) is 0.351. The smallest absolute Gasteiger partial charge is 0 e. The average molecular weight is 170 g/mol. The van der Waals surface area contributed by atoms with E-state index in [4.69, 9.17) is 0 Å². The molecule has 0 saturated heterocycles. The Kier molecular flexibility index (Phi) is 10700. The second kappa shape index (κ2) is 164. The van der Waals surface area contributed by atoms with Crippen LogP contribution < -0.4 is 4.70 Å². The molecule has 0 aliphatic rings. The van der Waals surface area contributed by atoms with Crippen LogP contribution in [0.2, 0.25) is 0 Å². The van der Waals surface area contributed by atoms with Crippen molar-refractivity contribution in [3.63, 3.8) is 0 Å². The summed E-state index contributed by atoms with van der Waals surface area (Å²) < 4.78 is 0. The van der Waals surface area contributed by atoms with Gasteiger partial charge in [0.2, 0.25) is 0 Å². The van der Waals surface area contributed by atoms with E-state index in [1.54, 1.807) is 0 Å². The van der Waals surface area contributed by atoms with Gasteiger partial charge in [-0.15, -0.1) is 0 Å². The first-order valence-electron chi connectivity index (χ1n) is 0. The van der Waals surface area contributed by atoms with Crippen molar-refractivity contribution in [2.45, 2.75) is 0 Å². The predicted octanol–water partition coefficient (Wildman–Crippen LogP) is -2.54. The molecule has 0 aromatic heterocycles. The van der Waals surface area contributed by atoms with Gasteiger partial charge in [-0.2, -0.15) is 0 Å². The maximum absolute atomic E-state index is 0.